The molecule has 0 saturated heterocycles. The molecule has 90 valence electrons. The third-order valence-corrected chi connectivity index (χ3v) is 2.85. The second kappa shape index (κ2) is 5.33. The molecule has 0 amide bonds. The molecule has 1 N–H and O–H groups in total. The Hall–Kier alpha value is -2.34. The zero-order valence-corrected chi connectivity index (χ0v) is 10.6. The number of rotatable bonds is 3. The van der Waals surface area contributed by atoms with E-state index in [1.165, 1.54) is 11.1 Å². The van der Waals surface area contributed by atoms with Gasteiger partial charge in [-0.1, -0.05) is 29.8 Å². The summed E-state index contributed by atoms with van der Waals surface area (Å²) in [5.41, 5.74) is 3.97. The van der Waals surface area contributed by atoms with Crippen LogP contribution in [0.25, 0.3) is 0 Å². The molecule has 0 atom stereocenters. The van der Waals surface area contributed by atoms with E-state index in [1.807, 2.05) is 13.0 Å². The van der Waals surface area contributed by atoms with Gasteiger partial charge in [-0.3, -0.25) is 0 Å². The van der Waals surface area contributed by atoms with Crippen LogP contribution in [-0.4, -0.2) is 4.98 Å². The van der Waals surface area contributed by atoms with Gasteiger partial charge in [-0.25, -0.2) is 4.98 Å². The number of hydrogen-bond acceptors (Lipinski definition) is 3. The van der Waals surface area contributed by atoms with Crippen molar-refractivity contribution in [3.8, 4) is 6.07 Å². The highest BCUT2D eigenvalue weighted by atomic mass is 15.0. The minimum absolute atomic E-state index is 0.615. The van der Waals surface area contributed by atoms with Crippen molar-refractivity contribution in [1.82, 2.24) is 4.98 Å². The molecule has 0 fully saturated rings. The van der Waals surface area contributed by atoms with Gasteiger partial charge in [0.25, 0.3) is 0 Å². The van der Waals surface area contributed by atoms with Crippen LogP contribution in [0.3, 0.4) is 0 Å². The quantitative estimate of drug-likeness (QED) is 0.891. The summed E-state index contributed by atoms with van der Waals surface area (Å²) >= 11 is 0. The number of aromatic nitrogens is 1. The Labute approximate surface area is 107 Å². The fourth-order valence-corrected chi connectivity index (χ4v) is 1.73. The van der Waals surface area contributed by atoms with Crippen LogP contribution in [0.1, 0.15) is 22.3 Å². The van der Waals surface area contributed by atoms with Gasteiger partial charge in [0.15, 0.2) is 0 Å². The number of benzene rings is 1. The minimum Gasteiger partial charge on any atom is -0.365 e. The SMILES string of the molecule is Cc1ccc(CNc2nccc(C)c2C#N)cc1. The van der Waals surface area contributed by atoms with Crippen LogP contribution < -0.4 is 5.32 Å². The molecule has 0 unspecified atom stereocenters. The van der Waals surface area contributed by atoms with Crippen molar-refractivity contribution in [3.05, 3.63) is 58.8 Å². The molecule has 0 bridgehead atoms. The van der Waals surface area contributed by atoms with E-state index in [9.17, 15) is 0 Å². The number of aryl methyl sites for hydroxylation is 2. The number of nitriles is 1. The third-order valence-electron chi connectivity index (χ3n) is 2.85. The Morgan fingerprint density at radius 3 is 2.56 bits per heavy atom. The van der Waals surface area contributed by atoms with Crippen molar-refractivity contribution in [2.24, 2.45) is 0 Å². The van der Waals surface area contributed by atoms with Gasteiger partial charge in [-0.05, 0) is 31.0 Å². The first-order valence-electron chi connectivity index (χ1n) is 5.86. The molecular weight excluding hydrogens is 222 g/mol. The largest absolute Gasteiger partial charge is 0.365 e. The first kappa shape index (κ1) is 12.1. The maximum absolute atomic E-state index is 9.10. The van der Waals surface area contributed by atoms with Gasteiger partial charge in [0.1, 0.15) is 11.9 Å². The molecule has 3 heteroatoms. The van der Waals surface area contributed by atoms with E-state index < -0.39 is 0 Å². The molecule has 3 nitrogen and oxygen atoms in total. The van der Waals surface area contributed by atoms with Gasteiger partial charge in [0.2, 0.25) is 0 Å². The molecule has 0 aliphatic rings. The lowest BCUT2D eigenvalue weighted by Gasteiger charge is -2.08. The highest BCUT2D eigenvalue weighted by molar-refractivity contribution is 5.55. The lowest BCUT2D eigenvalue weighted by molar-refractivity contribution is 1.10. The second-order valence-electron chi connectivity index (χ2n) is 4.30. The predicted octanol–water partition coefficient (Wildman–Crippen LogP) is 3.18. The molecule has 1 aromatic heterocycles. The summed E-state index contributed by atoms with van der Waals surface area (Å²) < 4.78 is 0. The first-order chi connectivity index (χ1) is 8.70. The molecule has 18 heavy (non-hydrogen) atoms. The summed E-state index contributed by atoms with van der Waals surface area (Å²) in [4.78, 5) is 4.21. The molecule has 1 heterocycles. The standard InChI is InChI=1S/C15H15N3/c1-11-3-5-13(6-4-11)10-18-15-14(9-16)12(2)7-8-17-15/h3-8H,10H2,1-2H3,(H,17,18). The molecule has 1 aromatic carbocycles. The van der Waals surface area contributed by atoms with E-state index in [0.29, 0.717) is 17.9 Å². The summed E-state index contributed by atoms with van der Waals surface area (Å²) in [6.07, 6.45) is 1.72. The molecule has 0 aliphatic carbocycles. The average molecular weight is 237 g/mol. The summed E-state index contributed by atoms with van der Waals surface area (Å²) in [6, 6.07) is 12.3. The average Bonchev–Trinajstić information content (AvgIpc) is 2.38. The fourth-order valence-electron chi connectivity index (χ4n) is 1.73. The predicted molar refractivity (Wildman–Crippen MR) is 72.2 cm³/mol. The Balaban J connectivity index is 2.14. The van der Waals surface area contributed by atoms with Crippen molar-refractivity contribution in [3.63, 3.8) is 0 Å². The Morgan fingerprint density at radius 1 is 1.17 bits per heavy atom. The van der Waals surface area contributed by atoms with E-state index in [2.05, 4.69) is 47.6 Å². The number of nitrogens with one attached hydrogen (secondary N) is 1. The van der Waals surface area contributed by atoms with Crippen LogP contribution >= 0.6 is 0 Å². The van der Waals surface area contributed by atoms with Crippen LogP contribution in [0.15, 0.2) is 36.5 Å². The minimum atomic E-state index is 0.615. The normalized spacial score (nSPS) is 9.83. The topological polar surface area (TPSA) is 48.7 Å². The van der Waals surface area contributed by atoms with Crippen LogP contribution in [0, 0.1) is 25.2 Å². The molecular formula is C15H15N3. The van der Waals surface area contributed by atoms with Gasteiger partial charge in [0, 0.05) is 12.7 Å². The Morgan fingerprint density at radius 2 is 1.89 bits per heavy atom. The van der Waals surface area contributed by atoms with Crippen LogP contribution in [-0.2, 0) is 6.54 Å². The highest BCUT2D eigenvalue weighted by Gasteiger charge is 2.05. The first-order valence-corrected chi connectivity index (χ1v) is 5.86. The lowest BCUT2D eigenvalue weighted by atomic mass is 10.1. The molecule has 0 aliphatic heterocycles. The van der Waals surface area contributed by atoms with E-state index in [0.717, 1.165) is 5.56 Å². The Kier molecular flexibility index (Phi) is 3.59. The van der Waals surface area contributed by atoms with E-state index in [1.54, 1.807) is 6.20 Å². The summed E-state index contributed by atoms with van der Waals surface area (Å²) in [5, 5.41) is 12.3. The van der Waals surface area contributed by atoms with Gasteiger partial charge < -0.3 is 5.32 Å². The summed E-state index contributed by atoms with van der Waals surface area (Å²) in [6.45, 7) is 4.65. The van der Waals surface area contributed by atoms with Gasteiger partial charge in [0.05, 0.1) is 5.56 Å². The number of pyridine rings is 1. The van der Waals surface area contributed by atoms with Crippen molar-refractivity contribution < 1.29 is 0 Å². The van der Waals surface area contributed by atoms with Gasteiger partial charge >= 0.3 is 0 Å². The summed E-state index contributed by atoms with van der Waals surface area (Å²) in [7, 11) is 0. The monoisotopic (exact) mass is 237 g/mol. The van der Waals surface area contributed by atoms with E-state index in [-0.39, 0.29) is 0 Å². The maximum Gasteiger partial charge on any atom is 0.144 e. The van der Waals surface area contributed by atoms with Gasteiger partial charge in [-0.15, -0.1) is 0 Å². The molecule has 0 radical (unpaired) electrons. The van der Waals surface area contributed by atoms with Crippen LogP contribution in [0.4, 0.5) is 5.82 Å². The van der Waals surface area contributed by atoms with E-state index in [4.69, 9.17) is 5.26 Å². The smallest absolute Gasteiger partial charge is 0.144 e. The lowest BCUT2D eigenvalue weighted by Crippen LogP contribution is -2.04. The van der Waals surface area contributed by atoms with Crippen molar-refractivity contribution in [2.45, 2.75) is 20.4 Å². The molecule has 2 rings (SSSR count). The molecule has 0 saturated carbocycles. The van der Waals surface area contributed by atoms with Gasteiger partial charge in [-0.2, -0.15) is 5.26 Å². The van der Waals surface area contributed by atoms with Crippen molar-refractivity contribution in [2.75, 3.05) is 5.32 Å². The van der Waals surface area contributed by atoms with Crippen LogP contribution in [0.5, 0.6) is 0 Å². The number of nitrogens with zero attached hydrogens (tertiary/aromatic N) is 2. The van der Waals surface area contributed by atoms with Crippen molar-refractivity contribution >= 4 is 5.82 Å². The number of anilines is 1. The fraction of sp³-hybridized carbons (Fsp3) is 0.200. The number of hydrogen-bond donors (Lipinski definition) is 1. The zero-order valence-electron chi connectivity index (χ0n) is 10.6. The second-order valence-corrected chi connectivity index (χ2v) is 4.30. The maximum atomic E-state index is 9.10. The summed E-state index contributed by atoms with van der Waals surface area (Å²) in [5.74, 6) is 0.651. The molecule has 0 spiro atoms. The van der Waals surface area contributed by atoms with E-state index >= 15 is 0 Å². The van der Waals surface area contributed by atoms with Crippen molar-refractivity contribution in [1.29, 1.82) is 5.26 Å². The highest BCUT2D eigenvalue weighted by Crippen LogP contribution is 2.16. The van der Waals surface area contributed by atoms with Crippen LogP contribution in [0.2, 0.25) is 0 Å². The zero-order chi connectivity index (χ0) is 13.0. The third kappa shape index (κ3) is 2.67. The molecule has 2 aromatic rings. The Bertz CT molecular complexity index is 580.